The van der Waals surface area contributed by atoms with Gasteiger partial charge in [0.2, 0.25) is 5.91 Å². The van der Waals surface area contributed by atoms with Crippen LogP contribution in [0.2, 0.25) is 0 Å². The zero-order chi connectivity index (χ0) is 23.7. The second-order valence-electron chi connectivity index (χ2n) is 8.42. The highest BCUT2D eigenvalue weighted by molar-refractivity contribution is 6.30. The van der Waals surface area contributed by atoms with Gasteiger partial charge in [0, 0.05) is 28.6 Å². The Morgan fingerprint density at radius 1 is 1.00 bits per heavy atom. The number of halogens is 2. The highest BCUT2D eigenvalue weighted by atomic mass is 35.5. The van der Waals surface area contributed by atoms with Crippen LogP contribution in [0.25, 0.3) is 10.8 Å². The van der Waals surface area contributed by atoms with Crippen molar-refractivity contribution in [3.63, 3.8) is 0 Å². The molecule has 0 aliphatic carbocycles. The zero-order valence-electron chi connectivity index (χ0n) is 18.5. The number of carbonyl (C=O) groups is 1. The molecule has 0 saturated carbocycles. The van der Waals surface area contributed by atoms with E-state index >= 15 is 0 Å². The number of hydrogen-bond acceptors (Lipinski definition) is 2. The van der Waals surface area contributed by atoms with Crippen LogP contribution < -0.4 is 9.64 Å². The Bertz CT molecular complexity index is 1380. The van der Waals surface area contributed by atoms with E-state index in [1.807, 2.05) is 48.5 Å². The maximum atomic E-state index is 13.9. The van der Waals surface area contributed by atoms with Crippen molar-refractivity contribution < 1.29 is 13.9 Å². The summed E-state index contributed by atoms with van der Waals surface area (Å²) in [7, 11) is 0. The first-order valence-electron chi connectivity index (χ1n) is 11.1. The first-order valence-corrected chi connectivity index (χ1v) is 11.5. The van der Waals surface area contributed by atoms with E-state index in [0.717, 1.165) is 27.6 Å². The van der Waals surface area contributed by atoms with Crippen LogP contribution in [0.3, 0.4) is 0 Å². The van der Waals surface area contributed by atoms with Gasteiger partial charge in [-0.2, -0.15) is 0 Å². The number of ether oxygens (including phenoxy) is 1. The quantitative estimate of drug-likeness (QED) is 0.298. The van der Waals surface area contributed by atoms with Crippen LogP contribution in [-0.2, 0) is 11.4 Å². The van der Waals surface area contributed by atoms with E-state index in [9.17, 15) is 9.18 Å². The second-order valence-corrected chi connectivity index (χ2v) is 8.96. The van der Waals surface area contributed by atoms with Crippen LogP contribution in [0.4, 0.5) is 10.1 Å². The number of hydrogen-bond donors (Lipinski definition) is 0. The minimum atomic E-state index is -0.285. The van der Waals surface area contributed by atoms with Crippen LogP contribution in [0.5, 0.6) is 5.75 Å². The van der Waals surface area contributed by atoms with Gasteiger partial charge in [0.25, 0.3) is 0 Å². The minimum Gasteiger partial charge on any atom is -0.489 e. The fourth-order valence-corrected chi connectivity index (χ4v) is 4.73. The maximum Gasteiger partial charge on any atom is 0.228 e. The number of benzene rings is 4. The molecular weight excluding hydrogens is 449 g/mol. The number of amides is 1. The van der Waals surface area contributed by atoms with Gasteiger partial charge in [-0.1, -0.05) is 78.8 Å². The summed E-state index contributed by atoms with van der Waals surface area (Å²) in [5.41, 5.74) is 3.50. The number of carbonyl (C=O) groups excluding carboxylic acids is 1. The molecule has 4 aromatic carbocycles. The van der Waals surface area contributed by atoms with Crippen molar-refractivity contribution in [2.75, 3.05) is 11.4 Å². The molecule has 1 unspecified atom stereocenters. The van der Waals surface area contributed by atoms with E-state index in [-0.39, 0.29) is 30.8 Å². The number of nitrogens with zero attached hydrogens (tertiary/aromatic N) is 1. The van der Waals surface area contributed by atoms with Crippen LogP contribution in [0.15, 0.2) is 96.5 Å². The minimum absolute atomic E-state index is 0.00876. The summed E-state index contributed by atoms with van der Waals surface area (Å²) in [5, 5.41) is 2.65. The van der Waals surface area contributed by atoms with Crippen molar-refractivity contribution in [1.29, 1.82) is 0 Å². The van der Waals surface area contributed by atoms with Crippen LogP contribution in [0.1, 0.15) is 29.0 Å². The van der Waals surface area contributed by atoms with Gasteiger partial charge in [0.1, 0.15) is 18.2 Å². The normalized spacial score (nSPS) is 15.3. The molecule has 1 atom stereocenters. The molecular formula is C29H23ClFNO2. The first-order chi connectivity index (χ1) is 16.5. The smallest absolute Gasteiger partial charge is 0.228 e. The molecule has 0 saturated heterocycles. The largest absolute Gasteiger partial charge is 0.489 e. The molecule has 0 bridgehead atoms. The highest BCUT2D eigenvalue weighted by Crippen LogP contribution is 2.44. The molecule has 0 aromatic heterocycles. The Labute approximate surface area is 203 Å². The molecule has 170 valence electrons. The standard InChI is InChI=1S/C29H23ClFNO2/c1-19(30)17-32-27-15-12-20-6-2-4-8-24(20)29(27)25(16-28(32)33)21-10-13-23(14-11-21)34-18-22-7-3-5-9-26(22)31/h2-15,25H,1,16-18H2. The third-order valence-corrected chi connectivity index (χ3v) is 6.35. The van der Waals surface area contributed by atoms with Crippen molar-refractivity contribution >= 4 is 34.0 Å². The van der Waals surface area contributed by atoms with Crippen molar-refractivity contribution in [3.05, 3.63) is 119 Å². The summed E-state index contributed by atoms with van der Waals surface area (Å²) < 4.78 is 19.7. The van der Waals surface area contributed by atoms with E-state index in [4.69, 9.17) is 16.3 Å². The number of rotatable bonds is 6. The molecule has 1 aliphatic rings. The third kappa shape index (κ3) is 4.29. The fourth-order valence-electron chi connectivity index (χ4n) is 4.61. The summed E-state index contributed by atoms with van der Waals surface area (Å²) in [6.07, 6.45) is 0.334. The average Bonchev–Trinajstić information content (AvgIpc) is 2.85. The highest BCUT2D eigenvalue weighted by Gasteiger charge is 2.33. The molecule has 3 nitrogen and oxygen atoms in total. The van der Waals surface area contributed by atoms with Crippen LogP contribution in [-0.4, -0.2) is 12.5 Å². The Morgan fingerprint density at radius 3 is 2.50 bits per heavy atom. The monoisotopic (exact) mass is 471 g/mol. The van der Waals surface area contributed by atoms with Crippen LogP contribution >= 0.6 is 11.6 Å². The summed E-state index contributed by atoms with van der Waals surface area (Å²) in [4.78, 5) is 14.9. The van der Waals surface area contributed by atoms with Gasteiger partial charge in [0.05, 0.1) is 6.54 Å². The second kappa shape index (κ2) is 9.32. The zero-order valence-corrected chi connectivity index (χ0v) is 19.3. The maximum absolute atomic E-state index is 13.9. The van der Waals surface area contributed by atoms with Crippen LogP contribution in [0, 0.1) is 5.82 Å². The number of anilines is 1. The van der Waals surface area contributed by atoms with Gasteiger partial charge >= 0.3 is 0 Å². The molecule has 1 aliphatic heterocycles. The van der Waals surface area contributed by atoms with Crippen molar-refractivity contribution in [2.45, 2.75) is 18.9 Å². The van der Waals surface area contributed by atoms with Crippen molar-refractivity contribution in [3.8, 4) is 5.75 Å². The lowest BCUT2D eigenvalue weighted by molar-refractivity contribution is -0.119. The van der Waals surface area contributed by atoms with Gasteiger partial charge in [-0.25, -0.2) is 4.39 Å². The molecule has 0 N–H and O–H groups in total. The average molecular weight is 472 g/mol. The van der Waals surface area contributed by atoms with E-state index < -0.39 is 0 Å². The Morgan fingerprint density at radius 2 is 1.74 bits per heavy atom. The molecule has 0 spiro atoms. The molecule has 5 heteroatoms. The summed E-state index contributed by atoms with van der Waals surface area (Å²) in [6, 6.07) is 26.5. The molecule has 1 amide bonds. The van der Waals surface area contributed by atoms with Gasteiger partial charge < -0.3 is 9.64 Å². The molecule has 5 rings (SSSR count). The van der Waals surface area contributed by atoms with Crippen molar-refractivity contribution in [1.82, 2.24) is 0 Å². The predicted octanol–water partition coefficient (Wildman–Crippen LogP) is 7.18. The van der Waals surface area contributed by atoms with Gasteiger partial charge in [-0.3, -0.25) is 4.79 Å². The Balaban J connectivity index is 1.49. The van der Waals surface area contributed by atoms with Gasteiger partial charge in [-0.15, -0.1) is 0 Å². The van der Waals surface area contributed by atoms with E-state index in [1.54, 1.807) is 23.1 Å². The predicted molar refractivity (Wildman–Crippen MR) is 135 cm³/mol. The molecule has 1 heterocycles. The molecule has 4 aromatic rings. The Kier molecular flexibility index (Phi) is 6.08. The SMILES string of the molecule is C=C(Cl)CN1C(=O)CC(c2ccc(OCc3ccccc3F)cc2)c2c1ccc1ccccc21. The fraction of sp³-hybridized carbons (Fsp3) is 0.138. The van der Waals surface area contributed by atoms with Gasteiger partial charge in [0.15, 0.2) is 0 Å². The summed E-state index contributed by atoms with van der Waals surface area (Å²) in [6.45, 7) is 4.22. The van der Waals surface area contributed by atoms with E-state index in [2.05, 4.69) is 18.7 Å². The van der Waals surface area contributed by atoms with E-state index in [1.165, 1.54) is 6.07 Å². The molecule has 34 heavy (non-hydrogen) atoms. The summed E-state index contributed by atoms with van der Waals surface area (Å²) >= 11 is 6.09. The first kappa shape index (κ1) is 22.2. The lowest BCUT2D eigenvalue weighted by Gasteiger charge is -2.35. The van der Waals surface area contributed by atoms with Crippen molar-refractivity contribution in [2.24, 2.45) is 0 Å². The Hall–Kier alpha value is -3.63. The topological polar surface area (TPSA) is 29.5 Å². The molecule has 0 radical (unpaired) electrons. The lowest BCUT2D eigenvalue weighted by Crippen LogP contribution is -2.37. The third-order valence-electron chi connectivity index (χ3n) is 6.23. The molecule has 0 fully saturated rings. The van der Waals surface area contributed by atoms with Gasteiger partial charge in [-0.05, 0) is 46.2 Å². The van der Waals surface area contributed by atoms with E-state index in [0.29, 0.717) is 22.8 Å². The number of fused-ring (bicyclic) bond motifs is 3. The summed E-state index contributed by atoms with van der Waals surface area (Å²) in [5.74, 6) is 0.267. The lowest BCUT2D eigenvalue weighted by atomic mass is 9.81.